The van der Waals surface area contributed by atoms with Gasteiger partial charge in [-0.3, -0.25) is 24.0 Å². The Balaban J connectivity index is 4.79. The monoisotopic (exact) mass is 432 g/mol. The second kappa shape index (κ2) is 13.1. The maximum Gasteiger partial charge on any atom is 0.326 e. The molecule has 14 heteroatoms. The van der Waals surface area contributed by atoms with Crippen molar-refractivity contribution < 1.29 is 39.0 Å². The lowest BCUT2D eigenvalue weighted by Crippen LogP contribution is -2.57. The predicted octanol–water partition coefficient (Wildman–Crippen LogP) is -4.60. The Morgan fingerprint density at radius 3 is 1.77 bits per heavy atom. The molecule has 0 aromatic rings. The highest BCUT2D eigenvalue weighted by atomic mass is 16.4. The number of amides is 5. The van der Waals surface area contributed by atoms with Crippen LogP contribution in [0.25, 0.3) is 0 Å². The molecule has 0 spiro atoms. The summed E-state index contributed by atoms with van der Waals surface area (Å²) in [5.74, 6) is -5.42. The molecule has 0 saturated carbocycles. The van der Waals surface area contributed by atoms with Gasteiger partial charge in [0, 0.05) is 12.8 Å². The van der Waals surface area contributed by atoms with E-state index in [1.165, 1.54) is 6.92 Å². The van der Waals surface area contributed by atoms with Gasteiger partial charge in [0.1, 0.15) is 18.1 Å². The number of carbonyl (C=O) groups excluding carboxylic acids is 5. The van der Waals surface area contributed by atoms with Gasteiger partial charge in [0.25, 0.3) is 0 Å². The Kier molecular flexibility index (Phi) is 11.6. The highest BCUT2D eigenvalue weighted by Gasteiger charge is 2.28. The number of nitrogens with one attached hydrogen (secondary N) is 3. The van der Waals surface area contributed by atoms with E-state index in [1.807, 2.05) is 0 Å². The molecule has 14 nitrogen and oxygen atoms in total. The molecule has 5 amide bonds. The third-order valence-electron chi connectivity index (χ3n) is 3.90. The normalized spacial score (nSPS) is 14.5. The van der Waals surface area contributed by atoms with Gasteiger partial charge in [0.15, 0.2) is 0 Å². The molecule has 11 N–H and O–H groups in total. The standard InChI is InChI=1S/C16H28N6O8/c1-7(13(26)21-9(16(29)30)3-5-12(19)25)20-15(28)10(6-23)22-14(27)8(17)2-4-11(18)24/h7-10,23H,2-6,17H2,1H3,(H2,18,24)(H2,19,25)(H,20,28)(H,21,26)(H,22,27)(H,29,30). The molecule has 0 radical (unpaired) electrons. The van der Waals surface area contributed by atoms with E-state index in [9.17, 15) is 33.9 Å². The molecule has 170 valence electrons. The van der Waals surface area contributed by atoms with Crippen LogP contribution in [0.3, 0.4) is 0 Å². The second-order valence-corrected chi connectivity index (χ2v) is 6.49. The first kappa shape index (κ1) is 26.7. The maximum atomic E-state index is 12.2. The Morgan fingerprint density at radius 2 is 1.30 bits per heavy atom. The van der Waals surface area contributed by atoms with E-state index in [0.29, 0.717) is 0 Å². The van der Waals surface area contributed by atoms with E-state index in [0.717, 1.165) is 0 Å². The first-order chi connectivity index (χ1) is 13.9. The number of aliphatic hydroxyl groups is 1. The lowest BCUT2D eigenvalue weighted by molar-refractivity contribution is -0.142. The Bertz CT molecular complexity index is 670. The Labute approximate surface area is 171 Å². The zero-order chi connectivity index (χ0) is 23.4. The van der Waals surface area contributed by atoms with Crippen LogP contribution in [0.5, 0.6) is 0 Å². The lowest BCUT2D eigenvalue weighted by atomic mass is 10.1. The minimum atomic E-state index is -1.45. The van der Waals surface area contributed by atoms with Crippen molar-refractivity contribution in [1.29, 1.82) is 0 Å². The van der Waals surface area contributed by atoms with Crippen LogP contribution in [0.15, 0.2) is 0 Å². The van der Waals surface area contributed by atoms with Gasteiger partial charge in [-0.05, 0) is 19.8 Å². The minimum Gasteiger partial charge on any atom is -0.480 e. The Morgan fingerprint density at radius 1 is 0.800 bits per heavy atom. The third kappa shape index (κ3) is 10.3. The molecule has 30 heavy (non-hydrogen) atoms. The quantitative estimate of drug-likeness (QED) is 0.131. The van der Waals surface area contributed by atoms with Crippen molar-refractivity contribution in [1.82, 2.24) is 16.0 Å². The average Bonchev–Trinajstić information content (AvgIpc) is 2.65. The van der Waals surface area contributed by atoms with Crippen LogP contribution < -0.4 is 33.2 Å². The number of carboxylic acids is 1. The smallest absolute Gasteiger partial charge is 0.326 e. The number of nitrogens with two attached hydrogens (primary N) is 3. The van der Waals surface area contributed by atoms with E-state index >= 15 is 0 Å². The van der Waals surface area contributed by atoms with E-state index < -0.39 is 66.3 Å². The summed E-state index contributed by atoms with van der Waals surface area (Å²) < 4.78 is 0. The summed E-state index contributed by atoms with van der Waals surface area (Å²) in [7, 11) is 0. The zero-order valence-corrected chi connectivity index (χ0v) is 16.4. The number of hydrogen-bond acceptors (Lipinski definition) is 8. The summed E-state index contributed by atoms with van der Waals surface area (Å²) in [5, 5.41) is 24.9. The van der Waals surface area contributed by atoms with E-state index in [-0.39, 0.29) is 25.7 Å². The summed E-state index contributed by atoms with van der Waals surface area (Å²) in [5.41, 5.74) is 15.5. The van der Waals surface area contributed by atoms with Crippen molar-refractivity contribution >= 4 is 35.5 Å². The summed E-state index contributed by atoms with van der Waals surface area (Å²) in [6, 6.07) is -5.23. The van der Waals surface area contributed by atoms with E-state index in [2.05, 4.69) is 16.0 Å². The van der Waals surface area contributed by atoms with Crippen molar-refractivity contribution in [3.05, 3.63) is 0 Å². The van der Waals surface area contributed by atoms with E-state index in [4.69, 9.17) is 22.3 Å². The SMILES string of the molecule is CC(NC(=O)C(CO)NC(=O)C(N)CCC(N)=O)C(=O)NC(CCC(N)=O)C(=O)O. The van der Waals surface area contributed by atoms with Gasteiger partial charge in [-0.2, -0.15) is 0 Å². The average molecular weight is 432 g/mol. The molecule has 0 aliphatic rings. The number of hydrogen-bond donors (Lipinski definition) is 8. The van der Waals surface area contributed by atoms with Gasteiger partial charge in [-0.15, -0.1) is 0 Å². The molecule has 0 bridgehead atoms. The Hall–Kier alpha value is -3.26. The van der Waals surface area contributed by atoms with Crippen molar-refractivity contribution in [2.75, 3.05) is 6.61 Å². The summed E-state index contributed by atoms with van der Waals surface area (Å²) in [6.45, 7) is 0.430. The second-order valence-electron chi connectivity index (χ2n) is 6.49. The van der Waals surface area contributed by atoms with E-state index in [1.54, 1.807) is 0 Å². The summed E-state index contributed by atoms with van der Waals surface area (Å²) in [6.07, 6.45) is -0.730. The maximum absolute atomic E-state index is 12.2. The fourth-order valence-electron chi connectivity index (χ4n) is 2.12. The number of primary amides is 2. The number of carbonyl (C=O) groups is 6. The van der Waals surface area contributed by atoms with Gasteiger partial charge >= 0.3 is 5.97 Å². The van der Waals surface area contributed by atoms with Crippen molar-refractivity contribution in [3.8, 4) is 0 Å². The number of carboxylic acid groups (broad SMARTS) is 1. The van der Waals surface area contributed by atoms with Crippen LogP contribution in [0.4, 0.5) is 0 Å². The molecule has 0 aliphatic heterocycles. The number of aliphatic carboxylic acids is 1. The largest absolute Gasteiger partial charge is 0.480 e. The van der Waals surface area contributed by atoms with Crippen LogP contribution >= 0.6 is 0 Å². The molecule has 0 heterocycles. The summed E-state index contributed by atoms with van der Waals surface area (Å²) >= 11 is 0. The molecular weight excluding hydrogens is 404 g/mol. The van der Waals surface area contributed by atoms with Gasteiger partial charge in [0.05, 0.1) is 12.6 Å². The van der Waals surface area contributed by atoms with Crippen molar-refractivity contribution in [2.24, 2.45) is 17.2 Å². The molecule has 0 saturated heterocycles. The fourth-order valence-corrected chi connectivity index (χ4v) is 2.12. The zero-order valence-electron chi connectivity index (χ0n) is 16.4. The molecule has 0 rings (SSSR count). The molecule has 0 fully saturated rings. The summed E-state index contributed by atoms with van der Waals surface area (Å²) in [4.78, 5) is 68.9. The highest BCUT2D eigenvalue weighted by molar-refractivity contribution is 5.94. The van der Waals surface area contributed by atoms with Crippen LogP contribution in [0, 0.1) is 0 Å². The van der Waals surface area contributed by atoms with Crippen LogP contribution in [0.1, 0.15) is 32.6 Å². The first-order valence-corrected chi connectivity index (χ1v) is 8.96. The van der Waals surface area contributed by atoms with Crippen LogP contribution in [-0.2, 0) is 28.8 Å². The molecule has 4 atom stereocenters. The lowest BCUT2D eigenvalue weighted by Gasteiger charge is -2.22. The number of rotatable bonds is 14. The van der Waals surface area contributed by atoms with Gasteiger partial charge < -0.3 is 43.4 Å². The highest BCUT2D eigenvalue weighted by Crippen LogP contribution is 1.99. The topological polar surface area (TPSA) is 257 Å². The van der Waals surface area contributed by atoms with Crippen molar-refractivity contribution in [3.63, 3.8) is 0 Å². The van der Waals surface area contributed by atoms with Gasteiger partial charge in [0.2, 0.25) is 29.5 Å². The fraction of sp³-hybridized carbons (Fsp3) is 0.625. The van der Waals surface area contributed by atoms with Crippen molar-refractivity contribution in [2.45, 2.75) is 56.8 Å². The molecule has 0 aromatic carbocycles. The minimum absolute atomic E-state index is 0.0678. The van der Waals surface area contributed by atoms with Crippen LogP contribution in [-0.4, -0.2) is 76.5 Å². The molecular formula is C16H28N6O8. The van der Waals surface area contributed by atoms with Crippen LogP contribution in [0.2, 0.25) is 0 Å². The number of aliphatic hydroxyl groups excluding tert-OH is 1. The third-order valence-corrected chi connectivity index (χ3v) is 3.90. The predicted molar refractivity (Wildman–Crippen MR) is 101 cm³/mol. The molecule has 0 aliphatic carbocycles. The first-order valence-electron chi connectivity index (χ1n) is 8.96. The molecule has 4 unspecified atom stereocenters. The van der Waals surface area contributed by atoms with Gasteiger partial charge in [-0.1, -0.05) is 0 Å². The molecule has 0 aromatic heterocycles. The van der Waals surface area contributed by atoms with Gasteiger partial charge in [-0.25, -0.2) is 4.79 Å².